The number of hydrogen-bond donors (Lipinski definition) is 0. The summed E-state index contributed by atoms with van der Waals surface area (Å²) in [4.78, 5) is 0. The van der Waals surface area contributed by atoms with Gasteiger partial charge in [0.1, 0.15) is 0 Å². The summed E-state index contributed by atoms with van der Waals surface area (Å²) in [6.45, 7) is 2.44. The lowest BCUT2D eigenvalue weighted by atomic mass is 9.68. The summed E-state index contributed by atoms with van der Waals surface area (Å²) in [6, 6.07) is 5.93. The van der Waals surface area contributed by atoms with Gasteiger partial charge >= 0.3 is 0 Å². The number of hydrogen-bond acceptors (Lipinski definition) is 0. The molecule has 0 amide bonds. The normalized spacial score (nSPS) is 29.4. The van der Waals surface area contributed by atoms with Gasteiger partial charge in [-0.25, -0.2) is 8.78 Å². The van der Waals surface area contributed by atoms with E-state index in [1.165, 1.54) is 76.3 Å². The highest BCUT2D eigenvalue weighted by atomic mass is 28.2. The average molecular weight is 393 g/mol. The van der Waals surface area contributed by atoms with Crippen LogP contribution in [0, 0.1) is 35.3 Å². The molecule has 0 N–H and O–H groups in total. The molecule has 1 aromatic rings. The van der Waals surface area contributed by atoms with E-state index in [1.54, 1.807) is 12.1 Å². The van der Waals surface area contributed by atoms with Crippen molar-refractivity contribution in [2.45, 2.75) is 89.6 Å². The van der Waals surface area contributed by atoms with Crippen LogP contribution in [0.15, 0.2) is 18.2 Å². The fourth-order valence-corrected chi connectivity index (χ4v) is 6.43. The first-order valence-corrected chi connectivity index (χ1v) is 14.0. The molecule has 27 heavy (non-hydrogen) atoms. The largest absolute Gasteiger partial charge is 0.204 e. The van der Waals surface area contributed by atoms with Crippen molar-refractivity contribution in [1.82, 2.24) is 0 Å². The monoisotopic (exact) mass is 392 g/mol. The van der Waals surface area contributed by atoms with Crippen LogP contribution in [-0.2, 0) is 6.42 Å². The standard InChI is InChI=1S/C24H38F2Si/c1-27-16-2-3-18-6-11-21(12-7-18)22-13-8-19(9-14-22)4-5-20-10-15-23(25)24(26)17-20/h10,15,17-19,21-22H,2-9,11-14,16,27H2,1H3/t18-,19-,21-,22-. The Balaban J connectivity index is 1.34. The van der Waals surface area contributed by atoms with E-state index in [-0.39, 0.29) is 9.52 Å². The molecular weight excluding hydrogens is 354 g/mol. The fraction of sp³-hybridized carbons (Fsp3) is 0.750. The zero-order valence-electron chi connectivity index (χ0n) is 17.2. The molecule has 0 bridgehead atoms. The van der Waals surface area contributed by atoms with Gasteiger partial charge in [0.25, 0.3) is 0 Å². The molecule has 2 fully saturated rings. The van der Waals surface area contributed by atoms with Gasteiger partial charge in [-0.2, -0.15) is 0 Å². The van der Waals surface area contributed by atoms with E-state index in [4.69, 9.17) is 0 Å². The van der Waals surface area contributed by atoms with Crippen molar-refractivity contribution >= 4 is 9.52 Å². The summed E-state index contributed by atoms with van der Waals surface area (Å²) in [5, 5.41) is 0. The van der Waals surface area contributed by atoms with Crippen LogP contribution in [0.1, 0.15) is 76.2 Å². The Morgan fingerprint density at radius 3 is 1.96 bits per heavy atom. The van der Waals surface area contributed by atoms with Crippen LogP contribution in [0.4, 0.5) is 8.78 Å². The minimum absolute atomic E-state index is 0.275. The first-order chi connectivity index (χ1) is 13.2. The summed E-state index contributed by atoms with van der Waals surface area (Å²) >= 11 is 0. The van der Waals surface area contributed by atoms with E-state index in [0.29, 0.717) is 0 Å². The van der Waals surface area contributed by atoms with Crippen LogP contribution < -0.4 is 0 Å². The van der Waals surface area contributed by atoms with E-state index >= 15 is 0 Å². The van der Waals surface area contributed by atoms with E-state index < -0.39 is 11.6 Å². The van der Waals surface area contributed by atoms with Crippen molar-refractivity contribution in [3.8, 4) is 0 Å². The summed E-state index contributed by atoms with van der Waals surface area (Å²) in [5.41, 5.74) is 0.945. The van der Waals surface area contributed by atoms with Gasteiger partial charge in [0.2, 0.25) is 0 Å². The molecule has 3 rings (SSSR count). The van der Waals surface area contributed by atoms with Gasteiger partial charge in [0.15, 0.2) is 11.6 Å². The molecule has 2 aliphatic carbocycles. The zero-order valence-corrected chi connectivity index (χ0v) is 18.6. The quantitative estimate of drug-likeness (QED) is 0.332. The van der Waals surface area contributed by atoms with E-state index in [2.05, 4.69) is 6.55 Å². The molecule has 0 unspecified atom stereocenters. The van der Waals surface area contributed by atoms with Crippen LogP contribution in [0.5, 0.6) is 0 Å². The van der Waals surface area contributed by atoms with Gasteiger partial charge in [-0.15, -0.1) is 0 Å². The summed E-state index contributed by atoms with van der Waals surface area (Å²) in [6.07, 6.45) is 16.5. The topological polar surface area (TPSA) is 0 Å². The first kappa shape index (κ1) is 21.0. The SMILES string of the molecule is C[SiH2]CCC[C@H]1CC[C@H]([C@H]2CC[C@H](CCc3ccc(F)c(F)c3)CC2)CC1. The van der Waals surface area contributed by atoms with E-state index in [9.17, 15) is 8.78 Å². The number of rotatable bonds is 8. The van der Waals surface area contributed by atoms with Crippen molar-refractivity contribution in [3.63, 3.8) is 0 Å². The second-order valence-electron chi connectivity index (χ2n) is 9.34. The van der Waals surface area contributed by atoms with Crippen molar-refractivity contribution in [1.29, 1.82) is 0 Å². The van der Waals surface area contributed by atoms with Crippen LogP contribution in [-0.4, -0.2) is 9.52 Å². The maximum absolute atomic E-state index is 13.3. The molecule has 0 aliphatic heterocycles. The highest BCUT2D eigenvalue weighted by molar-refractivity contribution is 6.33. The van der Waals surface area contributed by atoms with E-state index in [0.717, 1.165) is 42.1 Å². The predicted octanol–water partition coefficient (Wildman–Crippen LogP) is 6.93. The predicted molar refractivity (Wildman–Crippen MR) is 114 cm³/mol. The molecule has 0 saturated heterocycles. The van der Waals surface area contributed by atoms with Crippen molar-refractivity contribution in [2.75, 3.05) is 0 Å². The molecule has 2 aliphatic rings. The lowest BCUT2D eigenvalue weighted by Gasteiger charge is -2.38. The number of halogens is 2. The van der Waals surface area contributed by atoms with Gasteiger partial charge in [0.05, 0.1) is 0 Å². The van der Waals surface area contributed by atoms with Crippen molar-refractivity contribution in [2.24, 2.45) is 23.7 Å². The van der Waals surface area contributed by atoms with Crippen molar-refractivity contribution < 1.29 is 8.78 Å². The third kappa shape index (κ3) is 6.41. The molecule has 1 aromatic carbocycles. The van der Waals surface area contributed by atoms with Gasteiger partial charge in [-0.3, -0.25) is 0 Å². The Morgan fingerprint density at radius 1 is 0.815 bits per heavy atom. The van der Waals surface area contributed by atoms with Crippen LogP contribution >= 0.6 is 0 Å². The Morgan fingerprint density at radius 2 is 1.41 bits per heavy atom. The Bertz CT molecular complexity index is 557. The average Bonchev–Trinajstić information content (AvgIpc) is 2.70. The molecule has 3 heteroatoms. The van der Waals surface area contributed by atoms with Crippen LogP contribution in [0.25, 0.3) is 0 Å². The molecule has 0 radical (unpaired) electrons. The first-order valence-electron chi connectivity index (χ1n) is 11.6. The molecule has 0 heterocycles. The fourth-order valence-electron chi connectivity index (χ4n) is 5.65. The maximum Gasteiger partial charge on any atom is 0.159 e. The molecule has 0 atom stereocenters. The molecule has 0 spiro atoms. The summed E-state index contributed by atoms with van der Waals surface area (Å²) < 4.78 is 26.4. The lowest BCUT2D eigenvalue weighted by molar-refractivity contribution is 0.141. The Kier molecular flexibility index (Phi) is 8.36. The third-order valence-electron chi connectivity index (χ3n) is 7.49. The second-order valence-corrected chi connectivity index (χ2v) is 11.1. The van der Waals surface area contributed by atoms with Gasteiger partial charge in [0, 0.05) is 9.52 Å². The minimum Gasteiger partial charge on any atom is -0.204 e. The zero-order chi connectivity index (χ0) is 19.1. The molecule has 0 nitrogen and oxygen atoms in total. The lowest BCUT2D eigenvalue weighted by Crippen LogP contribution is -2.26. The van der Waals surface area contributed by atoms with Gasteiger partial charge < -0.3 is 0 Å². The smallest absolute Gasteiger partial charge is 0.159 e. The summed E-state index contributed by atoms with van der Waals surface area (Å²) in [5.74, 6) is 2.34. The third-order valence-corrected chi connectivity index (χ3v) is 8.70. The summed E-state index contributed by atoms with van der Waals surface area (Å²) in [7, 11) is 0.275. The van der Waals surface area contributed by atoms with Gasteiger partial charge in [-0.05, 0) is 79.9 Å². The van der Waals surface area contributed by atoms with E-state index in [1.807, 2.05) is 0 Å². The number of benzene rings is 1. The van der Waals surface area contributed by atoms with Gasteiger partial charge in [-0.1, -0.05) is 57.2 Å². The highest BCUT2D eigenvalue weighted by Crippen LogP contribution is 2.43. The molecular formula is C24H38F2Si. The highest BCUT2D eigenvalue weighted by Gasteiger charge is 2.30. The van der Waals surface area contributed by atoms with Crippen molar-refractivity contribution in [3.05, 3.63) is 35.4 Å². The number of aryl methyl sites for hydroxylation is 1. The van der Waals surface area contributed by atoms with Crippen LogP contribution in [0.2, 0.25) is 12.6 Å². The molecule has 152 valence electrons. The maximum atomic E-state index is 13.3. The molecule has 0 aromatic heterocycles. The van der Waals surface area contributed by atoms with Crippen LogP contribution in [0.3, 0.4) is 0 Å². The Hall–Kier alpha value is -0.703. The Labute approximate surface area is 167 Å². The second kappa shape index (κ2) is 10.7. The minimum atomic E-state index is -0.735. The molecule has 2 saturated carbocycles.